The second kappa shape index (κ2) is 6.16. The van der Waals surface area contributed by atoms with Crippen LogP contribution in [0.1, 0.15) is 18.9 Å². The van der Waals surface area contributed by atoms with Crippen LogP contribution in [0.15, 0.2) is 39.4 Å². The largest absolute Gasteiger partial charge is 0.463 e. The summed E-state index contributed by atoms with van der Waals surface area (Å²) < 4.78 is 20.1. The first-order valence-electron chi connectivity index (χ1n) is 5.95. The number of rotatable bonds is 5. The Morgan fingerprint density at radius 1 is 1.33 bits per heavy atom. The number of halogens is 2. The first kappa shape index (κ1) is 13.3. The second-order valence-electron chi connectivity index (χ2n) is 4.08. The van der Waals surface area contributed by atoms with Crippen LogP contribution in [0.25, 0.3) is 11.3 Å². The van der Waals surface area contributed by atoms with Crippen LogP contribution in [0.2, 0.25) is 0 Å². The fourth-order valence-corrected chi connectivity index (χ4v) is 2.16. The van der Waals surface area contributed by atoms with Crippen molar-refractivity contribution in [1.82, 2.24) is 5.32 Å². The minimum absolute atomic E-state index is 0.209. The molecule has 2 rings (SSSR count). The maximum absolute atomic E-state index is 13.9. The number of benzene rings is 1. The Hall–Kier alpha value is -1.13. The molecule has 0 aliphatic heterocycles. The Morgan fingerprint density at radius 2 is 2.17 bits per heavy atom. The maximum Gasteiger partial charge on any atom is 0.148 e. The Labute approximate surface area is 114 Å². The summed E-state index contributed by atoms with van der Waals surface area (Å²) in [5.41, 5.74) is 1.42. The minimum atomic E-state index is -0.209. The maximum atomic E-state index is 13.9. The lowest BCUT2D eigenvalue weighted by atomic mass is 10.1. The SMILES string of the molecule is CCCNCc1ccc(-c2occc2Br)cc1F. The van der Waals surface area contributed by atoms with E-state index in [0.717, 1.165) is 23.0 Å². The van der Waals surface area contributed by atoms with Gasteiger partial charge in [-0.15, -0.1) is 0 Å². The Morgan fingerprint density at radius 3 is 2.78 bits per heavy atom. The Kier molecular flexibility index (Phi) is 4.55. The van der Waals surface area contributed by atoms with E-state index in [9.17, 15) is 4.39 Å². The molecule has 1 aromatic heterocycles. The molecular weight excluding hydrogens is 297 g/mol. The van der Waals surface area contributed by atoms with Gasteiger partial charge in [-0.3, -0.25) is 0 Å². The number of hydrogen-bond acceptors (Lipinski definition) is 2. The molecule has 0 radical (unpaired) electrons. The quantitative estimate of drug-likeness (QED) is 0.831. The molecule has 0 saturated heterocycles. The molecule has 0 fully saturated rings. The van der Waals surface area contributed by atoms with Gasteiger partial charge in [0.25, 0.3) is 0 Å². The van der Waals surface area contributed by atoms with E-state index in [1.807, 2.05) is 6.07 Å². The van der Waals surface area contributed by atoms with Crippen LogP contribution in [-0.4, -0.2) is 6.54 Å². The van der Waals surface area contributed by atoms with Crippen LogP contribution in [0.5, 0.6) is 0 Å². The Balaban J connectivity index is 2.17. The third-order valence-corrected chi connectivity index (χ3v) is 3.30. The normalized spacial score (nSPS) is 10.8. The Bertz CT molecular complexity index is 524. The summed E-state index contributed by atoms with van der Waals surface area (Å²) in [6.45, 7) is 3.53. The van der Waals surface area contributed by atoms with Crippen molar-refractivity contribution in [2.45, 2.75) is 19.9 Å². The van der Waals surface area contributed by atoms with Gasteiger partial charge in [0.2, 0.25) is 0 Å². The van der Waals surface area contributed by atoms with Gasteiger partial charge in [-0.1, -0.05) is 19.1 Å². The lowest BCUT2D eigenvalue weighted by Crippen LogP contribution is -2.14. The molecule has 96 valence electrons. The van der Waals surface area contributed by atoms with Gasteiger partial charge >= 0.3 is 0 Å². The lowest BCUT2D eigenvalue weighted by Gasteiger charge is -2.06. The molecule has 0 amide bonds. The van der Waals surface area contributed by atoms with Crippen LogP contribution < -0.4 is 5.32 Å². The van der Waals surface area contributed by atoms with Gasteiger partial charge in [-0.05, 0) is 41.0 Å². The first-order valence-corrected chi connectivity index (χ1v) is 6.74. The zero-order valence-electron chi connectivity index (χ0n) is 10.2. The van der Waals surface area contributed by atoms with Gasteiger partial charge in [0.15, 0.2) is 0 Å². The van der Waals surface area contributed by atoms with Crippen LogP contribution in [0.4, 0.5) is 4.39 Å². The van der Waals surface area contributed by atoms with Crippen molar-refractivity contribution in [3.8, 4) is 11.3 Å². The molecule has 18 heavy (non-hydrogen) atoms. The first-order chi connectivity index (χ1) is 8.72. The summed E-state index contributed by atoms with van der Waals surface area (Å²) in [5.74, 6) is 0.446. The zero-order valence-corrected chi connectivity index (χ0v) is 11.8. The van der Waals surface area contributed by atoms with Crippen molar-refractivity contribution in [3.63, 3.8) is 0 Å². The summed E-state index contributed by atoms with van der Waals surface area (Å²) in [5, 5.41) is 3.19. The van der Waals surface area contributed by atoms with Crippen LogP contribution >= 0.6 is 15.9 Å². The fourth-order valence-electron chi connectivity index (χ4n) is 1.73. The summed E-state index contributed by atoms with van der Waals surface area (Å²) in [6, 6.07) is 6.97. The van der Waals surface area contributed by atoms with Gasteiger partial charge < -0.3 is 9.73 Å². The topological polar surface area (TPSA) is 25.2 Å². The standard InChI is InChI=1S/C14H15BrFNO/c1-2-6-17-9-11-4-3-10(8-13(11)16)14-12(15)5-7-18-14/h3-5,7-8,17H,2,6,9H2,1H3. The van der Waals surface area contributed by atoms with E-state index in [1.165, 1.54) is 6.07 Å². The van der Waals surface area contributed by atoms with E-state index in [-0.39, 0.29) is 5.82 Å². The van der Waals surface area contributed by atoms with Crippen LogP contribution in [-0.2, 0) is 6.54 Å². The van der Waals surface area contributed by atoms with Gasteiger partial charge in [0.1, 0.15) is 11.6 Å². The van der Waals surface area contributed by atoms with Crippen LogP contribution in [0.3, 0.4) is 0 Å². The predicted octanol–water partition coefficient (Wildman–Crippen LogP) is 4.35. The lowest BCUT2D eigenvalue weighted by molar-refractivity contribution is 0.573. The third kappa shape index (κ3) is 3.00. The molecule has 0 unspecified atom stereocenters. The predicted molar refractivity (Wildman–Crippen MR) is 73.8 cm³/mol. The molecule has 1 heterocycles. The smallest absolute Gasteiger partial charge is 0.148 e. The van der Waals surface area contributed by atoms with E-state index in [4.69, 9.17) is 4.42 Å². The third-order valence-electron chi connectivity index (χ3n) is 2.67. The van der Waals surface area contributed by atoms with E-state index in [1.54, 1.807) is 18.4 Å². The highest BCUT2D eigenvalue weighted by Crippen LogP contribution is 2.30. The molecule has 4 heteroatoms. The highest BCUT2D eigenvalue weighted by atomic mass is 79.9. The second-order valence-corrected chi connectivity index (χ2v) is 4.93. The summed E-state index contributed by atoms with van der Waals surface area (Å²) in [7, 11) is 0. The number of hydrogen-bond donors (Lipinski definition) is 1. The van der Waals surface area contributed by atoms with Crippen molar-refractivity contribution >= 4 is 15.9 Å². The molecule has 2 aromatic rings. The van der Waals surface area contributed by atoms with Crippen molar-refractivity contribution in [1.29, 1.82) is 0 Å². The fraction of sp³-hybridized carbons (Fsp3) is 0.286. The molecule has 0 atom stereocenters. The zero-order chi connectivity index (χ0) is 13.0. The summed E-state index contributed by atoms with van der Waals surface area (Å²) >= 11 is 3.37. The minimum Gasteiger partial charge on any atom is -0.463 e. The average Bonchev–Trinajstić information content (AvgIpc) is 2.78. The van der Waals surface area contributed by atoms with Crippen molar-refractivity contribution < 1.29 is 8.81 Å². The van der Waals surface area contributed by atoms with Crippen molar-refractivity contribution in [2.75, 3.05) is 6.54 Å². The number of nitrogens with one attached hydrogen (secondary N) is 1. The molecule has 2 nitrogen and oxygen atoms in total. The summed E-state index contributed by atoms with van der Waals surface area (Å²) in [6.07, 6.45) is 2.62. The molecule has 0 spiro atoms. The molecule has 1 aromatic carbocycles. The number of furan rings is 1. The van der Waals surface area contributed by atoms with E-state index in [2.05, 4.69) is 28.2 Å². The molecular formula is C14H15BrFNO. The molecule has 0 bridgehead atoms. The molecule has 1 N–H and O–H groups in total. The van der Waals surface area contributed by atoms with E-state index in [0.29, 0.717) is 17.9 Å². The highest BCUT2D eigenvalue weighted by molar-refractivity contribution is 9.10. The summed E-state index contributed by atoms with van der Waals surface area (Å²) in [4.78, 5) is 0. The van der Waals surface area contributed by atoms with Gasteiger partial charge in [-0.2, -0.15) is 0 Å². The van der Waals surface area contributed by atoms with Gasteiger partial charge in [0.05, 0.1) is 10.7 Å². The molecule has 0 aliphatic rings. The van der Waals surface area contributed by atoms with E-state index < -0.39 is 0 Å². The van der Waals surface area contributed by atoms with Crippen molar-refractivity contribution in [2.24, 2.45) is 0 Å². The van der Waals surface area contributed by atoms with Crippen LogP contribution in [0, 0.1) is 5.82 Å². The van der Waals surface area contributed by atoms with Gasteiger partial charge in [-0.25, -0.2) is 4.39 Å². The average molecular weight is 312 g/mol. The van der Waals surface area contributed by atoms with E-state index >= 15 is 0 Å². The monoisotopic (exact) mass is 311 g/mol. The van der Waals surface area contributed by atoms with Gasteiger partial charge in [0, 0.05) is 17.7 Å². The molecule has 0 saturated carbocycles. The van der Waals surface area contributed by atoms with Crippen molar-refractivity contribution in [3.05, 3.63) is 46.4 Å². The molecule has 0 aliphatic carbocycles. The highest BCUT2D eigenvalue weighted by Gasteiger charge is 2.09.